The molecule has 126 valence electrons. The first-order valence-corrected chi connectivity index (χ1v) is 7.25. The molecule has 0 radical (unpaired) electrons. The van der Waals surface area contributed by atoms with E-state index in [9.17, 15) is 19.2 Å². The first-order chi connectivity index (χ1) is 10.4. The van der Waals surface area contributed by atoms with E-state index in [1.807, 2.05) is 0 Å². The van der Waals surface area contributed by atoms with Gasteiger partial charge in [-0.15, -0.1) is 0 Å². The maximum atomic E-state index is 10.6. The van der Waals surface area contributed by atoms with Crippen molar-refractivity contribution in [1.29, 1.82) is 0 Å². The summed E-state index contributed by atoms with van der Waals surface area (Å²) in [6, 6.07) is 0. The van der Waals surface area contributed by atoms with Gasteiger partial charge < -0.3 is 19.7 Å². The molecule has 0 fully saturated rings. The summed E-state index contributed by atoms with van der Waals surface area (Å²) >= 11 is 0. The molecular formula is C14H22O8. The lowest BCUT2D eigenvalue weighted by Crippen LogP contribution is -2.16. The Morgan fingerprint density at radius 3 is 1.09 bits per heavy atom. The zero-order chi connectivity index (χ0) is 16.8. The molecule has 0 saturated heterocycles. The van der Waals surface area contributed by atoms with Crippen LogP contribution in [0.25, 0.3) is 0 Å². The van der Waals surface area contributed by atoms with Crippen LogP contribution < -0.4 is 0 Å². The second-order valence-electron chi connectivity index (χ2n) is 4.71. The highest BCUT2D eigenvalue weighted by atomic mass is 16.6. The predicted octanol–water partition coefficient (Wildman–Crippen LogP) is 1.36. The van der Waals surface area contributed by atoms with Crippen LogP contribution in [0.1, 0.15) is 51.4 Å². The van der Waals surface area contributed by atoms with Crippen LogP contribution in [0.4, 0.5) is 0 Å². The maximum absolute atomic E-state index is 10.6. The number of carboxylic acid groups (broad SMARTS) is 2. The predicted molar refractivity (Wildman–Crippen MR) is 74.1 cm³/mol. The van der Waals surface area contributed by atoms with Crippen LogP contribution in [-0.2, 0) is 28.7 Å². The lowest BCUT2D eigenvalue weighted by molar-refractivity contribution is -0.163. The summed E-state index contributed by atoms with van der Waals surface area (Å²) in [4.78, 5) is 41.5. The summed E-state index contributed by atoms with van der Waals surface area (Å²) in [6.07, 6.45) is 6.99. The molecule has 8 heteroatoms. The van der Waals surface area contributed by atoms with Gasteiger partial charge in [-0.05, 0) is 12.8 Å². The molecule has 0 aromatic rings. The van der Waals surface area contributed by atoms with E-state index in [1.165, 1.54) is 0 Å². The molecule has 0 amide bonds. The van der Waals surface area contributed by atoms with Crippen LogP contribution in [0, 0.1) is 0 Å². The molecule has 0 aliphatic heterocycles. The van der Waals surface area contributed by atoms with Crippen LogP contribution in [0.2, 0.25) is 0 Å². The number of carbonyl (C=O) groups is 4. The number of unbranched alkanes of at least 4 members (excludes halogenated alkanes) is 7. The summed E-state index contributed by atoms with van der Waals surface area (Å²) in [5, 5.41) is 16.5. The fourth-order valence-electron chi connectivity index (χ4n) is 1.72. The SMILES string of the molecule is O=C(O)C(=O)OCCCCCCCCCCOC(=O)C(=O)O. The molecule has 0 rings (SSSR count). The molecule has 0 bridgehead atoms. The second kappa shape index (κ2) is 12.6. The Morgan fingerprint density at radius 2 is 0.818 bits per heavy atom. The van der Waals surface area contributed by atoms with Gasteiger partial charge in [0.1, 0.15) is 0 Å². The van der Waals surface area contributed by atoms with E-state index < -0.39 is 23.9 Å². The average Bonchev–Trinajstić information content (AvgIpc) is 2.47. The van der Waals surface area contributed by atoms with Gasteiger partial charge in [-0.25, -0.2) is 19.2 Å². The number of hydrogen-bond acceptors (Lipinski definition) is 6. The zero-order valence-corrected chi connectivity index (χ0v) is 12.4. The van der Waals surface area contributed by atoms with Gasteiger partial charge in [-0.3, -0.25) is 0 Å². The maximum Gasteiger partial charge on any atom is 0.417 e. The minimum Gasteiger partial charge on any atom is -0.473 e. The van der Waals surface area contributed by atoms with E-state index in [2.05, 4.69) is 9.47 Å². The molecule has 0 aliphatic rings. The Bertz CT molecular complexity index is 341. The number of rotatable bonds is 11. The highest BCUT2D eigenvalue weighted by Gasteiger charge is 2.12. The van der Waals surface area contributed by atoms with E-state index in [-0.39, 0.29) is 13.2 Å². The van der Waals surface area contributed by atoms with Crippen molar-refractivity contribution in [3.05, 3.63) is 0 Å². The highest BCUT2D eigenvalue weighted by molar-refractivity contribution is 6.29. The summed E-state index contributed by atoms with van der Waals surface area (Å²) in [6.45, 7) is 0.250. The van der Waals surface area contributed by atoms with Crippen molar-refractivity contribution in [2.75, 3.05) is 13.2 Å². The molecule has 0 aliphatic carbocycles. The summed E-state index contributed by atoms with van der Waals surface area (Å²) < 4.78 is 8.98. The third-order valence-electron chi connectivity index (χ3n) is 2.85. The molecule has 0 spiro atoms. The van der Waals surface area contributed by atoms with E-state index in [0.29, 0.717) is 12.8 Å². The van der Waals surface area contributed by atoms with Crippen molar-refractivity contribution < 1.29 is 38.9 Å². The summed E-state index contributed by atoms with van der Waals surface area (Å²) in [5.74, 6) is -5.59. The van der Waals surface area contributed by atoms with Crippen LogP contribution in [0.15, 0.2) is 0 Å². The van der Waals surface area contributed by atoms with Crippen LogP contribution >= 0.6 is 0 Å². The van der Waals surface area contributed by atoms with Gasteiger partial charge in [0.2, 0.25) is 0 Å². The van der Waals surface area contributed by atoms with Crippen molar-refractivity contribution in [2.45, 2.75) is 51.4 Å². The Morgan fingerprint density at radius 1 is 0.545 bits per heavy atom. The van der Waals surface area contributed by atoms with Gasteiger partial charge in [0.05, 0.1) is 13.2 Å². The Labute approximate surface area is 128 Å². The van der Waals surface area contributed by atoms with Crippen molar-refractivity contribution in [3.63, 3.8) is 0 Å². The minimum atomic E-state index is -1.57. The summed E-state index contributed by atoms with van der Waals surface area (Å²) in [7, 11) is 0. The van der Waals surface area contributed by atoms with Crippen molar-refractivity contribution in [1.82, 2.24) is 0 Å². The van der Waals surface area contributed by atoms with Crippen molar-refractivity contribution in [2.24, 2.45) is 0 Å². The van der Waals surface area contributed by atoms with Crippen LogP contribution in [-0.4, -0.2) is 47.3 Å². The van der Waals surface area contributed by atoms with E-state index >= 15 is 0 Å². The molecule has 22 heavy (non-hydrogen) atoms. The third kappa shape index (κ3) is 11.7. The molecule has 0 saturated carbocycles. The molecule has 8 nitrogen and oxygen atoms in total. The molecule has 0 heterocycles. The first kappa shape index (κ1) is 19.9. The fraction of sp³-hybridized carbons (Fsp3) is 0.714. The third-order valence-corrected chi connectivity index (χ3v) is 2.85. The fourth-order valence-corrected chi connectivity index (χ4v) is 1.72. The van der Waals surface area contributed by atoms with E-state index in [0.717, 1.165) is 38.5 Å². The topological polar surface area (TPSA) is 127 Å². The number of aliphatic carboxylic acids is 2. The number of hydrogen-bond donors (Lipinski definition) is 2. The molecular weight excluding hydrogens is 296 g/mol. The largest absolute Gasteiger partial charge is 0.473 e. The molecule has 0 aromatic carbocycles. The minimum absolute atomic E-state index is 0.125. The highest BCUT2D eigenvalue weighted by Crippen LogP contribution is 2.08. The van der Waals surface area contributed by atoms with Gasteiger partial charge >= 0.3 is 23.9 Å². The normalized spacial score (nSPS) is 10.0. The van der Waals surface area contributed by atoms with Crippen LogP contribution in [0.5, 0.6) is 0 Å². The zero-order valence-electron chi connectivity index (χ0n) is 12.4. The van der Waals surface area contributed by atoms with Gasteiger partial charge in [-0.2, -0.15) is 0 Å². The number of carbonyl (C=O) groups excluding carboxylic acids is 2. The second-order valence-corrected chi connectivity index (χ2v) is 4.71. The number of ether oxygens (including phenoxy) is 2. The Kier molecular flexibility index (Phi) is 11.4. The standard InChI is InChI=1S/C14H22O8/c15-11(16)13(19)21-9-7-5-3-1-2-4-6-8-10-22-14(20)12(17)18/h1-10H2,(H,15,16)(H,17,18). The number of carboxylic acids is 2. The molecule has 0 atom stereocenters. The smallest absolute Gasteiger partial charge is 0.417 e. The van der Waals surface area contributed by atoms with Gasteiger partial charge in [0.15, 0.2) is 0 Å². The molecule has 0 aromatic heterocycles. The van der Waals surface area contributed by atoms with Gasteiger partial charge in [0, 0.05) is 0 Å². The molecule has 0 unspecified atom stereocenters. The lowest BCUT2D eigenvalue weighted by atomic mass is 10.1. The van der Waals surface area contributed by atoms with Gasteiger partial charge in [0.25, 0.3) is 0 Å². The Hall–Kier alpha value is -2.12. The van der Waals surface area contributed by atoms with Crippen LogP contribution in [0.3, 0.4) is 0 Å². The first-order valence-electron chi connectivity index (χ1n) is 7.25. The average molecular weight is 318 g/mol. The van der Waals surface area contributed by atoms with E-state index in [4.69, 9.17) is 10.2 Å². The van der Waals surface area contributed by atoms with Crippen molar-refractivity contribution in [3.8, 4) is 0 Å². The number of esters is 2. The molecule has 2 N–H and O–H groups in total. The van der Waals surface area contributed by atoms with Gasteiger partial charge in [-0.1, -0.05) is 38.5 Å². The summed E-state index contributed by atoms with van der Waals surface area (Å²) in [5.41, 5.74) is 0. The van der Waals surface area contributed by atoms with E-state index in [1.54, 1.807) is 0 Å². The monoisotopic (exact) mass is 318 g/mol. The van der Waals surface area contributed by atoms with Crippen molar-refractivity contribution >= 4 is 23.9 Å². The quantitative estimate of drug-likeness (QED) is 0.332. The lowest BCUT2D eigenvalue weighted by Gasteiger charge is -2.03. The Balaban J connectivity index is 3.21.